The van der Waals surface area contributed by atoms with E-state index in [0.29, 0.717) is 29.0 Å². The van der Waals surface area contributed by atoms with Crippen LogP contribution in [0.1, 0.15) is 106 Å². The second kappa shape index (κ2) is 8.81. The number of rotatable bonds is 5. The average Bonchev–Trinajstić information content (AvgIpc) is 3.14. The Labute approximate surface area is 203 Å². The van der Waals surface area contributed by atoms with Gasteiger partial charge in [0.2, 0.25) is 0 Å². The Morgan fingerprint density at radius 1 is 1.09 bits per heavy atom. The molecule has 0 bridgehead atoms. The number of fused-ring (bicyclic) bond motifs is 1. The molecular weight excluding hydrogens is 404 g/mol. The second-order valence-electron chi connectivity index (χ2n) is 13.2. The van der Waals surface area contributed by atoms with Crippen LogP contribution in [0.5, 0.6) is 0 Å². The van der Waals surface area contributed by atoms with Crippen LogP contribution in [0.2, 0.25) is 0 Å². The largest absolute Gasteiger partial charge is 0.388 e. The van der Waals surface area contributed by atoms with E-state index in [1.807, 2.05) is 0 Å². The molecule has 0 heterocycles. The number of carbonyl (C=O) groups excluding carboxylic acids is 1. The first-order valence-electron chi connectivity index (χ1n) is 13.7. The normalized spacial score (nSPS) is 44.1. The molecule has 0 aromatic carbocycles. The molecule has 184 valence electrons. The molecule has 0 aliphatic heterocycles. The van der Waals surface area contributed by atoms with E-state index in [1.165, 1.54) is 44.1 Å². The molecule has 4 aliphatic carbocycles. The van der Waals surface area contributed by atoms with Crippen molar-refractivity contribution in [1.29, 1.82) is 0 Å². The third-order valence-corrected chi connectivity index (χ3v) is 11.2. The highest BCUT2D eigenvalue weighted by atomic mass is 16.3. The van der Waals surface area contributed by atoms with Gasteiger partial charge in [-0.2, -0.15) is 0 Å². The minimum atomic E-state index is -0.352. The Kier molecular flexibility index (Phi) is 6.66. The van der Waals surface area contributed by atoms with E-state index in [1.54, 1.807) is 5.57 Å². The summed E-state index contributed by atoms with van der Waals surface area (Å²) < 4.78 is 0. The van der Waals surface area contributed by atoms with Crippen molar-refractivity contribution in [1.82, 2.24) is 0 Å². The number of allylic oxidation sites excluding steroid dienone is 3. The number of carbonyl (C=O) groups is 1. The van der Waals surface area contributed by atoms with Crippen LogP contribution < -0.4 is 0 Å². The zero-order valence-electron chi connectivity index (χ0n) is 22.2. The fourth-order valence-electron chi connectivity index (χ4n) is 8.55. The van der Waals surface area contributed by atoms with Crippen molar-refractivity contribution < 1.29 is 9.90 Å². The average molecular weight is 453 g/mol. The lowest BCUT2D eigenvalue weighted by Crippen LogP contribution is -2.60. The lowest BCUT2D eigenvalue weighted by atomic mass is 9.45. The van der Waals surface area contributed by atoms with Crippen LogP contribution >= 0.6 is 0 Å². The van der Waals surface area contributed by atoms with E-state index in [9.17, 15) is 9.90 Å². The van der Waals surface area contributed by atoms with E-state index in [4.69, 9.17) is 0 Å². The summed E-state index contributed by atoms with van der Waals surface area (Å²) in [4.78, 5) is 12.9. The number of aliphatic hydroxyl groups is 1. The first-order valence-corrected chi connectivity index (χ1v) is 13.7. The van der Waals surface area contributed by atoms with Crippen molar-refractivity contribution in [3.8, 4) is 0 Å². The van der Waals surface area contributed by atoms with Crippen molar-refractivity contribution >= 4 is 5.78 Å². The molecule has 4 fully saturated rings. The summed E-state index contributed by atoms with van der Waals surface area (Å²) in [5.41, 5.74) is 3.96. The molecule has 2 nitrogen and oxygen atoms in total. The van der Waals surface area contributed by atoms with Gasteiger partial charge in [0.15, 0.2) is 0 Å². The molecule has 0 aromatic heterocycles. The predicted octanol–water partition coefficient (Wildman–Crippen LogP) is 7.82. The molecule has 0 aromatic rings. The summed E-state index contributed by atoms with van der Waals surface area (Å²) >= 11 is 0. The zero-order valence-corrected chi connectivity index (χ0v) is 22.2. The quantitative estimate of drug-likeness (QED) is 0.461. The molecule has 0 spiro atoms. The first-order chi connectivity index (χ1) is 15.4. The van der Waals surface area contributed by atoms with Gasteiger partial charge in [-0.05, 0) is 104 Å². The van der Waals surface area contributed by atoms with Crippen molar-refractivity contribution in [2.45, 2.75) is 112 Å². The first kappa shape index (κ1) is 25.0. The molecule has 0 amide bonds. The Morgan fingerprint density at radius 3 is 2.52 bits per heavy atom. The standard InChI is InChI=1S/C31H48O2/c1-20(17-19-30(6)22(3)29(4,5)28(30)33)25-15-16-26-24(11-9-18-31(25,26)7)14-13-23-10-8-12-27(32)21(23)2/h13-14,20,22,25-27,32H,2,8-12,15-19H2,1,3-7H3/b23-13-,24-14+/t20-,22?,25-,26+,27?,30?,31?/m1/s1. The number of aliphatic hydroxyl groups excluding tert-OH is 1. The molecular formula is C31H48O2. The van der Waals surface area contributed by atoms with Gasteiger partial charge in [0.05, 0.1) is 6.10 Å². The fraction of sp³-hybridized carbons (Fsp3) is 0.774. The van der Waals surface area contributed by atoms with Gasteiger partial charge < -0.3 is 5.11 Å². The topological polar surface area (TPSA) is 37.3 Å². The Bertz CT molecular complexity index is 860. The molecule has 4 aliphatic rings. The highest BCUT2D eigenvalue weighted by molar-refractivity contribution is 5.96. The smallest absolute Gasteiger partial charge is 0.144 e. The summed E-state index contributed by atoms with van der Waals surface area (Å²) in [5.74, 6) is 3.08. The lowest BCUT2D eigenvalue weighted by molar-refractivity contribution is -0.167. The fourth-order valence-corrected chi connectivity index (χ4v) is 8.55. The van der Waals surface area contributed by atoms with Crippen LogP contribution in [0, 0.1) is 39.9 Å². The number of ketones is 1. The molecule has 33 heavy (non-hydrogen) atoms. The highest BCUT2D eigenvalue weighted by Gasteiger charge is 2.61. The number of hydrogen-bond acceptors (Lipinski definition) is 2. The molecule has 7 atom stereocenters. The van der Waals surface area contributed by atoms with Crippen LogP contribution in [-0.4, -0.2) is 17.0 Å². The summed E-state index contributed by atoms with van der Waals surface area (Å²) in [5, 5.41) is 10.2. The Balaban J connectivity index is 1.44. The van der Waals surface area contributed by atoms with E-state index < -0.39 is 0 Å². The number of hydrogen-bond donors (Lipinski definition) is 1. The van der Waals surface area contributed by atoms with E-state index >= 15 is 0 Å². The lowest BCUT2D eigenvalue weighted by Gasteiger charge is -2.56. The maximum absolute atomic E-state index is 12.9. The third-order valence-electron chi connectivity index (χ3n) is 11.2. The van der Waals surface area contributed by atoms with Gasteiger partial charge in [-0.25, -0.2) is 0 Å². The third kappa shape index (κ3) is 4.03. The Morgan fingerprint density at radius 2 is 1.82 bits per heavy atom. The van der Waals surface area contributed by atoms with Gasteiger partial charge in [0, 0.05) is 10.8 Å². The predicted molar refractivity (Wildman–Crippen MR) is 138 cm³/mol. The van der Waals surface area contributed by atoms with Crippen LogP contribution in [-0.2, 0) is 4.79 Å². The summed E-state index contributed by atoms with van der Waals surface area (Å²) in [6.45, 7) is 18.0. The van der Waals surface area contributed by atoms with E-state index in [2.05, 4.69) is 60.3 Å². The summed E-state index contributed by atoms with van der Waals surface area (Å²) in [6.07, 6.45) is 16.0. The van der Waals surface area contributed by atoms with Gasteiger partial charge in [-0.15, -0.1) is 0 Å². The van der Waals surface area contributed by atoms with E-state index in [0.717, 1.165) is 37.2 Å². The Hall–Kier alpha value is -1.15. The van der Waals surface area contributed by atoms with Crippen LogP contribution in [0.3, 0.4) is 0 Å². The monoisotopic (exact) mass is 452 g/mol. The zero-order chi connectivity index (χ0) is 24.2. The van der Waals surface area contributed by atoms with Gasteiger partial charge in [-0.1, -0.05) is 65.8 Å². The van der Waals surface area contributed by atoms with Gasteiger partial charge in [0.25, 0.3) is 0 Å². The van der Waals surface area contributed by atoms with Gasteiger partial charge in [-0.3, -0.25) is 4.79 Å². The minimum Gasteiger partial charge on any atom is -0.388 e. The summed E-state index contributed by atoms with van der Waals surface area (Å²) in [7, 11) is 0. The van der Waals surface area contributed by atoms with Crippen molar-refractivity contribution in [2.24, 2.45) is 39.9 Å². The van der Waals surface area contributed by atoms with Gasteiger partial charge >= 0.3 is 0 Å². The highest BCUT2D eigenvalue weighted by Crippen LogP contribution is 2.62. The second-order valence-corrected chi connectivity index (χ2v) is 13.2. The minimum absolute atomic E-state index is 0.118. The van der Waals surface area contributed by atoms with Gasteiger partial charge in [0.1, 0.15) is 5.78 Å². The molecule has 2 heteroatoms. The van der Waals surface area contributed by atoms with E-state index in [-0.39, 0.29) is 16.9 Å². The SMILES string of the molecule is C=C1/C(=C\C=C2/CCCC3(C)[C@@H]([C@H](C)CCC4(C)C(=O)C(C)(C)C4C)CC[C@@H]23)CCCC1O. The van der Waals surface area contributed by atoms with Crippen LogP contribution in [0.4, 0.5) is 0 Å². The van der Waals surface area contributed by atoms with Crippen LogP contribution in [0.25, 0.3) is 0 Å². The van der Waals surface area contributed by atoms with Crippen LogP contribution in [0.15, 0.2) is 35.5 Å². The summed E-state index contributed by atoms with van der Waals surface area (Å²) in [6, 6.07) is 0. The van der Waals surface area contributed by atoms with Crippen molar-refractivity contribution in [3.05, 3.63) is 35.5 Å². The molecule has 4 rings (SSSR count). The molecule has 1 N–H and O–H groups in total. The maximum Gasteiger partial charge on any atom is 0.144 e. The molecule has 4 unspecified atom stereocenters. The molecule has 0 radical (unpaired) electrons. The molecule has 4 saturated carbocycles. The van der Waals surface area contributed by atoms with Crippen molar-refractivity contribution in [3.63, 3.8) is 0 Å². The van der Waals surface area contributed by atoms with Crippen molar-refractivity contribution in [2.75, 3.05) is 0 Å². The number of Topliss-reactive ketones (excluding diaryl/α,β-unsaturated/α-hetero) is 1. The maximum atomic E-state index is 12.9. The molecule has 0 saturated heterocycles.